The summed E-state index contributed by atoms with van der Waals surface area (Å²) in [6.45, 7) is 0. The number of carbonyl (C=O) groups excluding carboxylic acids is 1. The fraction of sp³-hybridized carbons (Fsp3) is 0.190. The molecule has 2 aromatic rings. The van der Waals surface area contributed by atoms with Crippen molar-refractivity contribution in [3.63, 3.8) is 0 Å². The first-order valence-corrected chi connectivity index (χ1v) is 10.2. The van der Waals surface area contributed by atoms with Gasteiger partial charge in [-0.3, -0.25) is 4.79 Å². The Morgan fingerprint density at radius 1 is 0.885 bits per heavy atom. The molecule has 0 saturated carbocycles. The predicted octanol–water partition coefficient (Wildman–Crippen LogP) is 5.13. The highest BCUT2D eigenvalue weighted by Gasteiger charge is 2.20. The van der Waals surface area contributed by atoms with Crippen molar-refractivity contribution in [1.29, 1.82) is 0 Å². The number of benzene rings is 2. The van der Waals surface area contributed by atoms with Crippen molar-refractivity contribution in [1.82, 2.24) is 0 Å². The number of allylic oxidation sites excluding steroid dienone is 2. The second-order valence-electron chi connectivity index (χ2n) is 5.56. The van der Waals surface area contributed by atoms with E-state index in [2.05, 4.69) is 0 Å². The lowest BCUT2D eigenvalue weighted by atomic mass is 10.0. The van der Waals surface area contributed by atoms with Gasteiger partial charge in [-0.15, -0.1) is 23.5 Å². The van der Waals surface area contributed by atoms with Crippen LogP contribution >= 0.6 is 23.5 Å². The summed E-state index contributed by atoms with van der Waals surface area (Å²) >= 11 is 3.50. The number of ketones is 1. The zero-order chi connectivity index (χ0) is 18.4. The quantitative estimate of drug-likeness (QED) is 0.645. The van der Waals surface area contributed by atoms with Gasteiger partial charge < -0.3 is 9.47 Å². The lowest BCUT2D eigenvalue weighted by Gasteiger charge is -2.09. The van der Waals surface area contributed by atoms with E-state index in [0.29, 0.717) is 0 Å². The van der Waals surface area contributed by atoms with Crippen LogP contribution in [0.3, 0.4) is 0 Å². The van der Waals surface area contributed by atoms with Crippen molar-refractivity contribution in [3.8, 4) is 11.5 Å². The Labute approximate surface area is 162 Å². The number of hydrogen-bond acceptors (Lipinski definition) is 5. The molecule has 1 aliphatic heterocycles. The maximum Gasteiger partial charge on any atom is 0.188 e. The van der Waals surface area contributed by atoms with Crippen LogP contribution in [0.25, 0.3) is 11.6 Å². The van der Waals surface area contributed by atoms with Gasteiger partial charge in [0.15, 0.2) is 5.78 Å². The Bertz CT molecular complexity index is 813. The van der Waals surface area contributed by atoms with E-state index in [1.165, 1.54) is 0 Å². The SMILES string of the molecule is COc1ccc(/C=C/C(=O)C(=C2SCCS2)c2ccc(OC)cc2)cc1. The van der Waals surface area contributed by atoms with Gasteiger partial charge in [0.05, 0.1) is 18.5 Å². The molecule has 0 unspecified atom stereocenters. The maximum atomic E-state index is 13.0. The molecule has 2 aromatic carbocycles. The molecule has 0 amide bonds. The van der Waals surface area contributed by atoms with E-state index >= 15 is 0 Å². The van der Waals surface area contributed by atoms with Crippen LogP contribution in [0, 0.1) is 0 Å². The van der Waals surface area contributed by atoms with E-state index in [1.54, 1.807) is 43.8 Å². The van der Waals surface area contributed by atoms with Crippen molar-refractivity contribution in [3.05, 3.63) is 70.0 Å². The molecule has 3 rings (SSSR count). The molecule has 0 bridgehead atoms. The Morgan fingerprint density at radius 3 is 1.96 bits per heavy atom. The highest BCUT2D eigenvalue weighted by Crippen LogP contribution is 2.42. The van der Waals surface area contributed by atoms with E-state index in [1.807, 2.05) is 54.6 Å². The van der Waals surface area contributed by atoms with Crippen molar-refractivity contribution >= 4 is 41.0 Å². The monoisotopic (exact) mass is 384 g/mol. The average Bonchev–Trinajstić information content (AvgIpc) is 3.21. The predicted molar refractivity (Wildman–Crippen MR) is 112 cm³/mol. The largest absolute Gasteiger partial charge is 0.497 e. The third kappa shape index (κ3) is 4.54. The molecule has 1 fully saturated rings. The zero-order valence-corrected chi connectivity index (χ0v) is 16.4. The standard InChI is InChI=1S/C21H20O3S2/c1-23-17-8-3-15(4-9-17)5-12-19(22)20(21-25-13-14-26-21)16-6-10-18(24-2)11-7-16/h3-12H,13-14H2,1-2H3/b12-5+. The highest BCUT2D eigenvalue weighted by molar-refractivity contribution is 8.25. The molecular weight excluding hydrogens is 364 g/mol. The summed E-state index contributed by atoms with van der Waals surface area (Å²) in [5.74, 6) is 3.67. The normalized spacial score (nSPS) is 13.8. The van der Waals surface area contributed by atoms with Gasteiger partial charge in [-0.2, -0.15) is 0 Å². The van der Waals surface area contributed by atoms with Gasteiger partial charge in [0.2, 0.25) is 0 Å². The van der Waals surface area contributed by atoms with Crippen molar-refractivity contribution in [2.24, 2.45) is 0 Å². The number of thioether (sulfide) groups is 2. The number of carbonyl (C=O) groups is 1. The number of ether oxygens (including phenoxy) is 2. The molecule has 0 aliphatic carbocycles. The first kappa shape index (κ1) is 18.7. The van der Waals surface area contributed by atoms with Crippen molar-refractivity contribution < 1.29 is 14.3 Å². The van der Waals surface area contributed by atoms with Crippen LogP contribution in [0.2, 0.25) is 0 Å². The number of hydrogen-bond donors (Lipinski definition) is 0. The molecule has 0 aromatic heterocycles. The van der Waals surface area contributed by atoms with Crippen LogP contribution in [0.15, 0.2) is 58.8 Å². The smallest absolute Gasteiger partial charge is 0.188 e. The van der Waals surface area contributed by atoms with Gasteiger partial charge in [0.25, 0.3) is 0 Å². The summed E-state index contributed by atoms with van der Waals surface area (Å²) < 4.78 is 11.5. The minimum absolute atomic E-state index is 0.0166. The third-order valence-corrected chi connectivity index (χ3v) is 6.64. The summed E-state index contributed by atoms with van der Waals surface area (Å²) in [7, 11) is 3.28. The van der Waals surface area contributed by atoms with Crippen molar-refractivity contribution in [2.45, 2.75) is 0 Å². The second-order valence-corrected chi connectivity index (χ2v) is 8.03. The molecule has 26 heavy (non-hydrogen) atoms. The fourth-order valence-electron chi connectivity index (χ4n) is 2.54. The Hall–Kier alpha value is -2.11. The van der Waals surface area contributed by atoms with E-state index in [-0.39, 0.29) is 5.78 Å². The highest BCUT2D eigenvalue weighted by atomic mass is 32.2. The fourth-order valence-corrected chi connectivity index (χ4v) is 5.14. The van der Waals surface area contributed by atoms with Gasteiger partial charge in [-0.25, -0.2) is 0 Å². The van der Waals surface area contributed by atoms with Crippen LogP contribution in [0.1, 0.15) is 11.1 Å². The van der Waals surface area contributed by atoms with E-state index in [4.69, 9.17) is 9.47 Å². The molecule has 1 aliphatic rings. The van der Waals surface area contributed by atoms with Crippen LogP contribution < -0.4 is 9.47 Å². The minimum atomic E-state index is 0.0166. The molecule has 1 heterocycles. The van der Waals surface area contributed by atoms with Crippen molar-refractivity contribution in [2.75, 3.05) is 25.7 Å². The first-order valence-electron chi connectivity index (χ1n) is 8.22. The van der Waals surface area contributed by atoms with Gasteiger partial charge >= 0.3 is 0 Å². The molecular formula is C21H20O3S2. The summed E-state index contributed by atoms with van der Waals surface area (Å²) in [5.41, 5.74) is 2.65. The Morgan fingerprint density at radius 2 is 1.42 bits per heavy atom. The third-order valence-electron chi connectivity index (χ3n) is 3.92. The molecule has 5 heteroatoms. The Kier molecular flexibility index (Phi) is 6.47. The molecule has 0 spiro atoms. The molecule has 1 saturated heterocycles. The maximum absolute atomic E-state index is 13.0. The van der Waals surface area contributed by atoms with Gasteiger partial charge in [-0.1, -0.05) is 30.3 Å². The molecule has 0 N–H and O–H groups in total. The summed E-state index contributed by atoms with van der Waals surface area (Å²) in [4.78, 5) is 13.0. The average molecular weight is 385 g/mol. The molecule has 134 valence electrons. The minimum Gasteiger partial charge on any atom is -0.497 e. The van der Waals surface area contributed by atoms with E-state index in [0.717, 1.165) is 43.9 Å². The lowest BCUT2D eigenvalue weighted by Crippen LogP contribution is -2.00. The van der Waals surface area contributed by atoms with Crippen LogP contribution in [-0.4, -0.2) is 31.5 Å². The number of methoxy groups -OCH3 is 2. The molecule has 0 atom stereocenters. The topological polar surface area (TPSA) is 35.5 Å². The number of rotatable bonds is 6. The second kappa shape index (κ2) is 9.01. The van der Waals surface area contributed by atoms with E-state index in [9.17, 15) is 4.79 Å². The van der Waals surface area contributed by atoms with Gasteiger partial charge in [-0.05, 0) is 41.5 Å². The molecule has 3 nitrogen and oxygen atoms in total. The van der Waals surface area contributed by atoms with Gasteiger partial charge in [0.1, 0.15) is 11.5 Å². The van der Waals surface area contributed by atoms with Crippen LogP contribution in [-0.2, 0) is 4.79 Å². The summed E-state index contributed by atoms with van der Waals surface area (Å²) in [5, 5.41) is 0. The van der Waals surface area contributed by atoms with Crippen LogP contribution in [0.4, 0.5) is 0 Å². The summed E-state index contributed by atoms with van der Waals surface area (Å²) in [6, 6.07) is 15.3. The van der Waals surface area contributed by atoms with Crippen LogP contribution in [0.5, 0.6) is 11.5 Å². The first-order chi connectivity index (χ1) is 12.7. The van der Waals surface area contributed by atoms with Gasteiger partial charge in [0, 0.05) is 17.1 Å². The lowest BCUT2D eigenvalue weighted by molar-refractivity contribution is -0.109. The summed E-state index contributed by atoms with van der Waals surface area (Å²) in [6.07, 6.45) is 3.49. The molecule has 0 radical (unpaired) electrons. The van der Waals surface area contributed by atoms with E-state index < -0.39 is 0 Å². The Balaban J connectivity index is 1.87. The zero-order valence-electron chi connectivity index (χ0n) is 14.7.